The summed E-state index contributed by atoms with van der Waals surface area (Å²) >= 11 is 5.63. The molecular weight excluding hydrogens is 284 g/mol. The standard InChI is InChI=1S/C10H12ClF2N3O3/c11-3-10(4-17)1-5(12)8(19-10)16-2-6(13)7(14)15-9(16)18/h2,5,8,17H,1,3-4H2,(H2,14,15,18)/t5-,8+,10+/m0/s1. The minimum Gasteiger partial charge on any atom is -0.393 e. The summed E-state index contributed by atoms with van der Waals surface area (Å²) in [7, 11) is 0. The van der Waals surface area contributed by atoms with E-state index in [1.807, 2.05) is 0 Å². The van der Waals surface area contributed by atoms with E-state index >= 15 is 0 Å². The summed E-state index contributed by atoms with van der Waals surface area (Å²) in [4.78, 5) is 14.8. The lowest BCUT2D eigenvalue weighted by molar-refractivity contribution is -0.0934. The molecule has 9 heteroatoms. The highest BCUT2D eigenvalue weighted by molar-refractivity contribution is 6.18. The molecule has 19 heavy (non-hydrogen) atoms. The first-order valence-corrected chi connectivity index (χ1v) is 5.99. The minimum atomic E-state index is -1.62. The van der Waals surface area contributed by atoms with Gasteiger partial charge in [-0.3, -0.25) is 4.57 Å². The maximum absolute atomic E-state index is 13.9. The van der Waals surface area contributed by atoms with Crippen molar-refractivity contribution < 1.29 is 18.6 Å². The van der Waals surface area contributed by atoms with E-state index in [1.54, 1.807) is 0 Å². The molecule has 0 amide bonds. The number of anilines is 1. The topological polar surface area (TPSA) is 90.4 Å². The van der Waals surface area contributed by atoms with E-state index in [1.165, 1.54) is 0 Å². The zero-order valence-corrected chi connectivity index (χ0v) is 10.5. The monoisotopic (exact) mass is 295 g/mol. The fourth-order valence-electron chi connectivity index (χ4n) is 1.94. The van der Waals surface area contributed by atoms with Gasteiger partial charge in [-0.25, -0.2) is 13.6 Å². The van der Waals surface area contributed by atoms with Crippen LogP contribution in [0.1, 0.15) is 12.6 Å². The molecule has 0 spiro atoms. The van der Waals surface area contributed by atoms with Crippen LogP contribution in [-0.4, -0.2) is 38.9 Å². The Morgan fingerprint density at radius 1 is 1.74 bits per heavy atom. The number of hydrogen-bond acceptors (Lipinski definition) is 5. The number of aliphatic hydroxyl groups excluding tert-OH is 1. The molecule has 1 aliphatic rings. The van der Waals surface area contributed by atoms with Crippen molar-refractivity contribution in [3.63, 3.8) is 0 Å². The predicted molar refractivity (Wildman–Crippen MR) is 63.0 cm³/mol. The fraction of sp³-hybridized carbons (Fsp3) is 0.600. The number of nitrogens with zero attached hydrogens (tertiary/aromatic N) is 2. The van der Waals surface area contributed by atoms with Crippen molar-refractivity contribution in [1.82, 2.24) is 9.55 Å². The van der Waals surface area contributed by atoms with Crippen molar-refractivity contribution >= 4 is 17.4 Å². The van der Waals surface area contributed by atoms with Crippen molar-refractivity contribution in [3.8, 4) is 0 Å². The number of nitrogens with two attached hydrogens (primary N) is 1. The summed E-state index contributed by atoms with van der Waals surface area (Å²) in [5.74, 6) is -1.68. The Morgan fingerprint density at radius 2 is 2.42 bits per heavy atom. The third kappa shape index (κ3) is 2.43. The number of aliphatic hydroxyl groups is 1. The molecule has 0 unspecified atom stereocenters. The number of aromatic nitrogens is 2. The third-order valence-electron chi connectivity index (χ3n) is 2.99. The molecule has 3 atom stereocenters. The van der Waals surface area contributed by atoms with Crippen LogP contribution in [0.3, 0.4) is 0 Å². The molecule has 1 aromatic rings. The number of alkyl halides is 2. The highest BCUT2D eigenvalue weighted by Crippen LogP contribution is 2.38. The van der Waals surface area contributed by atoms with E-state index < -0.39 is 41.9 Å². The second-order valence-corrected chi connectivity index (χ2v) is 4.63. The summed E-state index contributed by atoms with van der Waals surface area (Å²) in [5.41, 5.74) is 2.91. The molecule has 1 saturated heterocycles. The smallest absolute Gasteiger partial charge is 0.351 e. The van der Waals surface area contributed by atoms with Gasteiger partial charge in [0.25, 0.3) is 0 Å². The maximum Gasteiger partial charge on any atom is 0.351 e. The van der Waals surface area contributed by atoms with Gasteiger partial charge >= 0.3 is 5.69 Å². The molecule has 2 rings (SSSR count). The lowest BCUT2D eigenvalue weighted by Gasteiger charge is -2.24. The van der Waals surface area contributed by atoms with Gasteiger partial charge in [-0.05, 0) is 0 Å². The van der Waals surface area contributed by atoms with E-state index in [-0.39, 0.29) is 12.3 Å². The SMILES string of the molecule is Nc1nc(=O)n([C@@H]2O[C@@](CO)(CCl)C[C@@H]2F)cc1F. The number of nitrogen functional groups attached to an aromatic ring is 1. The molecule has 0 aromatic carbocycles. The van der Waals surface area contributed by atoms with Crippen LogP contribution >= 0.6 is 11.6 Å². The average molecular weight is 296 g/mol. The Kier molecular flexibility index (Phi) is 3.75. The van der Waals surface area contributed by atoms with Crippen LogP contribution in [0.4, 0.5) is 14.6 Å². The molecule has 1 aliphatic heterocycles. The largest absolute Gasteiger partial charge is 0.393 e. The van der Waals surface area contributed by atoms with Gasteiger partial charge in [0.1, 0.15) is 11.8 Å². The maximum atomic E-state index is 13.9. The highest BCUT2D eigenvalue weighted by atomic mass is 35.5. The van der Waals surface area contributed by atoms with E-state index in [0.717, 1.165) is 6.20 Å². The Bertz CT molecular complexity index is 535. The molecule has 1 aromatic heterocycles. The summed E-state index contributed by atoms with van der Waals surface area (Å²) in [5, 5.41) is 9.19. The molecule has 0 aliphatic carbocycles. The zero-order chi connectivity index (χ0) is 14.2. The van der Waals surface area contributed by atoms with Crippen LogP contribution in [0.15, 0.2) is 11.0 Å². The Balaban J connectivity index is 2.38. The van der Waals surface area contributed by atoms with Gasteiger partial charge in [0, 0.05) is 6.42 Å². The Hall–Kier alpha value is -1.25. The minimum absolute atomic E-state index is 0.153. The normalized spacial score (nSPS) is 30.7. The van der Waals surface area contributed by atoms with Crippen LogP contribution in [0.25, 0.3) is 0 Å². The Morgan fingerprint density at radius 3 is 2.95 bits per heavy atom. The third-order valence-corrected chi connectivity index (χ3v) is 3.47. The predicted octanol–water partition coefficient (Wildman–Crippen LogP) is 0.191. The Labute approximate surface area is 111 Å². The zero-order valence-electron chi connectivity index (χ0n) is 9.72. The number of halogens is 3. The van der Waals surface area contributed by atoms with Crippen molar-refractivity contribution in [2.75, 3.05) is 18.2 Å². The van der Waals surface area contributed by atoms with Crippen LogP contribution in [0.5, 0.6) is 0 Å². The first kappa shape index (κ1) is 14.2. The number of ether oxygens (including phenoxy) is 1. The van der Waals surface area contributed by atoms with Crippen molar-refractivity contribution in [2.24, 2.45) is 0 Å². The van der Waals surface area contributed by atoms with Gasteiger partial charge < -0.3 is 15.6 Å². The number of hydrogen-bond donors (Lipinski definition) is 2. The molecule has 0 bridgehead atoms. The van der Waals surface area contributed by atoms with Crippen LogP contribution in [0.2, 0.25) is 0 Å². The molecule has 1 fully saturated rings. The first-order chi connectivity index (χ1) is 8.92. The quantitative estimate of drug-likeness (QED) is 0.777. The summed E-state index contributed by atoms with van der Waals surface area (Å²) in [6.45, 7) is -0.507. The van der Waals surface area contributed by atoms with Crippen LogP contribution in [0, 0.1) is 5.82 Å². The number of rotatable bonds is 3. The molecule has 3 N–H and O–H groups in total. The van der Waals surface area contributed by atoms with Gasteiger partial charge in [-0.2, -0.15) is 4.98 Å². The first-order valence-electron chi connectivity index (χ1n) is 5.45. The molecule has 2 heterocycles. The average Bonchev–Trinajstić information content (AvgIpc) is 2.72. The molecule has 0 radical (unpaired) electrons. The second kappa shape index (κ2) is 5.03. The van der Waals surface area contributed by atoms with Crippen molar-refractivity contribution in [3.05, 3.63) is 22.5 Å². The lowest BCUT2D eigenvalue weighted by Crippen LogP contribution is -2.36. The van der Waals surface area contributed by atoms with Gasteiger partial charge in [0.2, 0.25) is 0 Å². The summed E-state index contributed by atoms with van der Waals surface area (Å²) in [6.07, 6.45) is -2.48. The van der Waals surface area contributed by atoms with Crippen molar-refractivity contribution in [2.45, 2.75) is 24.4 Å². The fourth-order valence-corrected chi connectivity index (χ4v) is 2.19. The van der Waals surface area contributed by atoms with Gasteiger partial charge in [0.05, 0.1) is 18.7 Å². The molecule has 0 saturated carbocycles. The molecule has 106 valence electrons. The highest BCUT2D eigenvalue weighted by Gasteiger charge is 2.47. The molecular formula is C10H12ClF2N3O3. The molecule has 6 nitrogen and oxygen atoms in total. The van der Waals surface area contributed by atoms with E-state index in [2.05, 4.69) is 4.98 Å². The van der Waals surface area contributed by atoms with Crippen LogP contribution < -0.4 is 11.4 Å². The van der Waals surface area contributed by atoms with E-state index in [4.69, 9.17) is 22.1 Å². The lowest BCUT2D eigenvalue weighted by atomic mass is 10.0. The summed E-state index contributed by atoms with van der Waals surface area (Å²) < 4.78 is 33.2. The van der Waals surface area contributed by atoms with Gasteiger partial charge in [0.15, 0.2) is 17.9 Å². The van der Waals surface area contributed by atoms with Gasteiger partial charge in [-0.1, -0.05) is 0 Å². The second-order valence-electron chi connectivity index (χ2n) is 4.37. The summed E-state index contributed by atoms with van der Waals surface area (Å²) in [6, 6.07) is 0. The van der Waals surface area contributed by atoms with Crippen LogP contribution in [-0.2, 0) is 4.74 Å². The van der Waals surface area contributed by atoms with Crippen molar-refractivity contribution in [1.29, 1.82) is 0 Å². The van der Waals surface area contributed by atoms with E-state index in [9.17, 15) is 18.7 Å². The van der Waals surface area contributed by atoms with E-state index in [0.29, 0.717) is 4.57 Å². The van der Waals surface area contributed by atoms with Gasteiger partial charge in [-0.15, -0.1) is 11.6 Å².